The quantitative estimate of drug-likeness (QED) is 0.864. The Morgan fingerprint density at radius 3 is 2.48 bits per heavy atom. The van der Waals surface area contributed by atoms with Gasteiger partial charge < -0.3 is 4.74 Å². The van der Waals surface area contributed by atoms with Crippen LogP contribution < -0.4 is 11.0 Å². The molecule has 0 saturated carbocycles. The molecular formula is C16H19N3O4. The molecule has 0 aliphatic rings. The Labute approximate surface area is 133 Å². The van der Waals surface area contributed by atoms with Crippen molar-refractivity contribution in [2.24, 2.45) is 0 Å². The molecule has 23 heavy (non-hydrogen) atoms. The Kier molecular flexibility index (Phi) is 4.78. The molecule has 1 atom stereocenters. The second-order valence-corrected chi connectivity index (χ2v) is 5.51. The van der Waals surface area contributed by atoms with E-state index in [2.05, 4.69) is 10.4 Å². The van der Waals surface area contributed by atoms with Crippen molar-refractivity contribution in [1.82, 2.24) is 9.66 Å². The number of fused-ring (bicyclic) bond motifs is 1. The van der Waals surface area contributed by atoms with Gasteiger partial charge in [0.15, 0.2) is 6.10 Å². The maximum absolute atomic E-state index is 12.6. The van der Waals surface area contributed by atoms with Gasteiger partial charge in [-0.05, 0) is 19.1 Å². The lowest BCUT2D eigenvalue weighted by molar-refractivity contribution is -0.151. The van der Waals surface area contributed by atoms with Gasteiger partial charge in [-0.2, -0.15) is 0 Å². The van der Waals surface area contributed by atoms with Crippen LogP contribution in [-0.2, 0) is 14.3 Å². The summed E-state index contributed by atoms with van der Waals surface area (Å²) in [7, 11) is 0. The van der Waals surface area contributed by atoms with Crippen LogP contribution >= 0.6 is 0 Å². The Balaban J connectivity index is 2.48. The van der Waals surface area contributed by atoms with Crippen LogP contribution in [0.4, 0.5) is 0 Å². The first-order chi connectivity index (χ1) is 10.8. The molecule has 0 saturated heterocycles. The number of benzene rings is 1. The highest BCUT2D eigenvalue weighted by Gasteiger charge is 2.20. The molecule has 7 nitrogen and oxygen atoms in total. The summed E-state index contributed by atoms with van der Waals surface area (Å²) in [5.41, 5.74) is 2.68. The molecule has 7 heteroatoms. The molecule has 1 aromatic carbocycles. The first-order valence-corrected chi connectivity index (χ1v) is 7.31. The van der Waals surface area contributed by atoms with Crippen LogP contribution in [0.15, 0.2) is 29.1 Å². The summed E-state index contributed by atoms with van der Waals surface area (Å²) in [6.45, 7) is 6.39. The van der Waals surface area contributed by atoms with Crippen LogP contribution in [0.2, 0.25) is 0 Å². The minimum atomic E-state index is -1.01. The molecule has 0 aliphatic heterocycles. The number of nitrogens with one attached hydrogen (secondary N) is 1. The standard InChI is InChI=1S/C16H19N3O4/c1-9(2)14-17-13-8-6-5-7-12(13)16(22)19(14)18-15(21)10(3)23-11(4)20/h5-10H,1-4H3,(H,18,21)/t10-/m0/s1. The summed E-state index contributed by atoms with van der Waals surface area (Å²) in [6, 6.07) is 6.92. The monoisotopic (exact) mass is 317 g/mol. The van der Waals surface area contributed by atoms with Crippen LogP contribution in [0.1, 0.15) is 39.4 Å². The van der Waals surface area contributed by atoms with Gasteiger partial charge in [0, 0.05) is 12.8 Å². The predicted molar refractivity (Wildman–Crippen MR) is 85.7 cm³/mol. The average molecular weight is 317 g/mol. The number of para-hydroxylation sites is 1. The molecule has 0 unspecified atom stereocenters. The smallest absolute Gasteiger partial charge is 0.303 e. The van der Waals surface area contributed by atoms with E-state index in [1.807, 2.05) is 13.8 Å². The fourth-order valence-corrected chi connectivity index (χ4v) is 2.15. The molecule has 0 aliphatic carbocycles. The summed E-state index contributed by atoms with van der Waals surface area (Å²) < 4.78 is 5.95. The molecule has 2 rings (SSSR count). The van der Waals surface area contributed by atoms with Gasteiger partial charge in [0.1, 0.15) is 5.82 Å². The highest BCUT2D eigenvalue weighted by molar-refractivity contribution is 5.89. The zero-order valence-corrected chi connectivity index (χ0v) is 13.5. The molecule has 1 N–H and O–H groups in total. The second kappa shape index (κ2) is 6.60. The number of aromatic nitrogens is 2. The third-order valence-corrected chi connectivity index (χ3v) is 3.25. The number of hydrogen-bond acceptors (Lipinski definition) is 5. The zero-order valence-electron chi connectivity index (χ0n) is 13.5. The van der Waals surface area contributed by atoms with Gasteiger partial charge in [-0.3, -0.25) is 19.8 Å². The van der Waals surface area contributed by atoms with Crippen molar-refractivity contribution in [3.05, 3.63) is 40.4 Å². The van der Waals surface area contributed by atoms with E-state index in [1.54, 1.807) is 24.3 Å². The third-order valence-electron chi connectivity index (χ3n) is 3.25. The molecule has 0 fully saturated rings. The number of esters is 1. The number of hydrogen-bond donors (Lipinski definition) is 1. The lowest BCUT2D eigenvalue weighted by Crippen LogP contribution is -2.41. The van der Waals surface area contributed by atoms with E-state index in [4.69, 9.17) is 4.74 Å². The van der Waals surface area contributed by atoms with Crippen LogP contribution in [-0.4, -0.2) is 27.6 Å². The van der Waals surface area contributed by atoms with Crippen molar-refractivity contribution in [3.8, 4) is 0 Å². The highest BCUT2D eigenvalue weighted by atomic mass is 16.5. The summed E-state index contributed by atoms with van der Waals surface area (Å²) in [6.07, 6.45) is -1.01. The highest BCUT2D eigenvalue weighted by Crippen LogP contribution is 2.14. The van der Waals surface area contributed by atoms with Crippen LogP contribution in [0.5, 0.6) is 0 Å². The Bertz CT molecular complexity index is 811. The van der Waals surface area contributed by atoms with Gasteiger partial charge in [0.05, 0.1) is 10.9 Å². The van der Waals surface area contributed by atoms with E-state index in [0.717, 1.165) is 4.68 Å². The van der Waals surface area contributed by atoms with Crippen molar-refractivity contribution < 1.29 is 14.3 Å². The van der Waals surface area contributed by atoms with Gasteiger partial charge in [0.2, 0.25) is 0 Å². The number of carbonyl (C=O) groups excluding carboxylic acids is 2. The van der Waals surface area contributed by atoms with E-state index in [9.17, 15) is 14.4 Å². The first-order valence-electron chi connectivity index (χ1n) is 7.31. The molecule has 1 amide bonds. The number of amides is 1. The van der Waals surface area contributed by atoms with E-state index in [1.165, 1.54) is 13.8 Å². The molecule has 0 spiro atoms. The number of rotatable bonds is 4. The third kappa shape index (κ3) is 3.56. The molecule has 1 heterocycles. The molecular weight excluding hydrogens is 298 g/mol. The average Bonchev–Trinajstić information content (AvgIpc) is 2.48. The van der Waals surface area contributed by atoms with E-state index in [-0.39, 0.29) is 11.5 Å². The minimum absolute atomic E-state index is 0.0864. The SMILES string of the molecule is CC(=O)O[C@@H](C)C(=O)Nn1c(C(C)C)nc2ccccc2c1=O. The lowest BCUT2D eigenvalue weighted by atomic mass is 10.2. The summed E-state index contributed by atoms with van der Waals surface area (Å²) in [5.74, 6) is -0.823. The molecule has 2 aromatic rings. The van der Waals surface area contributed by atoms with Gasteiger partial charge in [-0.1, -0.05) is 26.0 Å². The van der Waals surface area contributed by atoms with Crippen molar-refractivity contribution in [2.75, 3.05) is 5.43 Å². The molecule has 1 aromatic heterocycles. The Morgan fingerprint density at radius 2 is 1.87 bits per heavy atom. The van der Waals surface area contributed by atoms with E-state index in [0.29, 0.717) is 16.7 Å². The van der Waals surface area contributed by atoms with Crippen molar-refractivity contribution in [2.45, 2.75) is 39.7 Å². The van der Waals surface area contributed by atoms with Crippen molar-refractivity contribution in [3.63, 3.8) is 0 Å². The Hall–Kier alpha value is -2.70. The summed E-state index contributed by atoms with van der Waals surface area (Å²) >= 11 is 0. The van der Waals surface area contributed by atoms with Gasteiger partial charge in [-0.15, -0.1) is 0 Å². The normalized spacial score (nSPS) is 12.2. The molecule has 0 radical (unpaired) electrons. The fourth-order valence-electron chi connectivity index (χ4n) is 2.15. The fraction of sp³-hybridized carbons (Fsp3) is 0.375. The lowest BCUT2D eigenvalue weighted by Gasteiger charge is -2.18. The Morgan fingerprint density at radius 1 is 1.22 bits per heavy atom. The maximum Gasteiger partial charge on any atom is 0.303 e. The number of carbonyl (C=O) groups is 2. The van der Waals surface area contributed by atoms with E-state index >= 15 is 0 Å². The maximum atomic E-state index is 12.6. The number of nitrogens with zero attached hydrogens (tertiary/aromatic N) is 2. The number of ether oxygens (including phenoxy) is 1. The largest absolute Gasteiger partial charge is 0.453 e. The summed E-state index contributed by atoms with van der Waals surface area (Å²) in [4.78, 5) is 40.2. The van der Waals surface area contributed by atoms with E-state index < -0.39 is 18.0 Å². The van der Waals surface area contributed by atoms with Gasteiger partial charge >= 0.3 is 5.97 Å². The molecule has 0 bridgehead atoms. The molecule has 122 valence electrons. The zero-order chi connectivity index (χ0) is 17.1. The first kappa shape index (κ1) is 16.7. The van der Waals surface area contributed by atoms with Crippen LogP contribution in [0.25, 0.3) is 10.9 Å². The van der Waals surface area contributed by atoms with Gasteiger partial charge in [-0.25, -0.2) is 9.66 Å². The van der Waals surface area contributed by atoms with Gasteiger partial charge in [0.25, 0.3) is 11.5 Å². The topological polar surface area (TPSA) is 90.3 Å². The van der Waals surface area contributed by atoms with Crippen LogP contribution in [0.3, 0.4) is 0 Å². The predicted octanol–water partition coefficient (Wildman–Crippen LogP) is 1.54. The summed E-state index contributed by atoms with van der Waals surface area (Å²) in [5, 5.41) is 0.400. The minimum Gasteiger partial charge on any atom is -0.453 e. The van der Waals surface area contributed by atoms with Crippen molar-refractivity contribution >= 4 is 22.8 Å². The van der Waals surface area contributed by atoms with Crippen LogP contribution in [0, 0.1) is 0 Å². The second-order valence-electron chi connectivity index (χ2n) is 5.51. The van der Waals surface area contributed by atoms with Crippen molar-refractivity contribution in [1.29, 1.82) is 0 Å².